The number of hydrogen-bond donors (Lipinski definition) is 0. The summed E-state index contributed by atoms with van der Waals surface area (Å²) in [5.41, 5.74) is 2.31. The second-order valence-corrected chi connectivity index (χ2v) is 7.91. The third-order valence-corrected chi connectivity index (χ3v) is 4.89. The first-order valence-electron chi connectivity index (χ1n) is 10.3. The number of nitrogens with zero attached hydrogens (tertiary/aromatic N) is 1. The Kier molecular flexibility index (Phi) is 6.93. The zero-order valence-corrected chi connectivity index (χ0v) is 18.1. The zero-order chi connectivity index (χ0) is 21.6. The average Bonchev–Trinajstić information content (AvgIpc) is 3.09. The number of aromatic nitrogens is 1. The molecule has 5 nitrogen and oxygen atoms in total. The minimum atomic E-state index is -0.583. The number of hydrogen-bond acceptors (Lipinski definition) is 5. The third kappa shape index (κ3) is 5.50. The van der Waals surface area contributed by atoms with Crippen molar-refractivity contribution in [2.45, 2.75) is 40.5 Å². The van der Waals surface area contributed by atoms with Crippen LogP contribution in [0, 0.1) is 12.3 Å². The van der Waals surface area contributed by atoms with Crippen LogP contribution in [0.25, 0.3) is 11.5 Å². The summed E-state index contributed by atoms with van der Waals surface area (Å²) < 4.78 is 16.9. The van der Waals surface area contributed by atoms with E-state index in [4.69, 9.17) is 13.9 Å². The summed E-state index contributed by atoms with van der Waals surface area (Å²) in [5.74, 6) is 2.03. The van der Waals surface area contributed by atoms with Gasteiger partial charge in [-0.25, -0.2) is 4.98 Å². The molecular weight excluding hydrogens is 378 g/mol. The molecule has 0 atom stereocenters. The van der Waals surface area contributed by atoms with Crippen molar-refractivity contribution >= 4 is 5.97 Å². The van der Waals surface area contributed by atoms with E-state index < -0.39 is 5.41 Å². The highest BCUT2D eigenvalue weighted by molar-refractivity contribution is 5.76. The third-order valence-electron chi connectivity index (χ3n) is 4.89. The van der Waals surface area contributed by atoms with Gasteiger partial charge >= 0.3 is 5.97 Å². The highest BCUT2D eigenvalue weighted by Gasteiger charge is 2.29. The van der Waals surface area contributed by atoms with Gasteiger partial charge in [0.05, 0.1) is 24.3 Å². The van der Waals surface area contributed by atoms with Gasteiger partial charge in [-0.1, -0.05) is 30.3 Å². The molecule has 0 N–H and O–H groups in total. The van der Waals surface area contributed by atoms with E-state index in [1.54, 1.807) is 0 Å². The summed E-state index contributed by atoms with van der Waals surface area (Å²) in [7, 11) is 0. The SMILES string of the molecule is CCOC(=O)C(C)(C)Cc1cccc(OCCc2nc(-c3ccccc3)oc2C)c1. The molecule has 1 heterocycles. The second-order valence-electron chi connectivity index (χ2n) is 7.91. The predicted octanol–water partition coefficient (Wildman–Crippen LogP) is 5.40. The summed E-state index contributed by atoms with van der Waals surface area (Å²) in [5, 5.41) is 0. The molecule has 0 saturated carbocycles. The molecule has 1 aromatic heterocycles. The highest BCUT2D eigenvalue weighted by Crippen LogP contribution is 2.26. The van der Waals surface area contributed by atoms with E-state index in [-0.39, 0.29) is 5.97 Å². The molecule has 0 unspecified atom stereocenters. The fourth-order valence-corrected chi connectivity index (χ4v) is 3.28. The molecule has 3 aromatic rings. The smallest absolute Gasteiger partial charge is 0.311 e. The van der Waals surface area contributed by atoms with Gasteiger partial charge in [0.15, 0.2) is 0 Å². The van der Waals surface area contributed by atoms with Crippen molar-refractivity contribution in [2.75, 3.05) is 13.2 Å². The lowest BCUT2D eigenvalue weighted by Gasteiger charge is -2.22. The van der Waals surface area contributed by atoms with E-state index in [2.05, 4.69) is 4.98 Å². The first-order chi connectivity index (χ1) is 14.4. The van der Waals surface area contributed by atoms with Gasteiger partial charge in [-0.15, -0.1) is 0 Å². The van der Waals surface area contributed by atoms with E-state index >= 15 is 0 Å². The van der Waals surface area contributed by atoms with E-state index in [1.807, 2.05) is 82.3 Å². The largest absolute Gasteiger partial charge is 0.493 e. The Bertz CT molecular complexity index is 976. The number of esters is 1. The van der Waals surface area contributed by atoms with Crippen molar-refractivity contribution in [3.8, 4) is 17.2 Å². The van der Waals surface area contributed by atoms with Crippen molar-refractivity contribution in [1.29, 1.82) is 0 Å². The number of carbonyl (C=O) groups excluding carboxylic acids is 1. The lowest BCUT2D eigenvalue weighted by atomic mass is 9.86. The zero-order valence-electron chi connectivity index (χ0n) is 18.1. The van der Waals surface area contributed by atoms with Crippen molar-refractivity contribution in [1.82, 2.24) is 4.98 Å². The Morgan fingerprint density at radius 1 is 1.10 bits per heavy atom. The van der Waals surface area contributed by atoms with Crippen LogP contribution in [0.4, 0.5) is 0 Å². The fraction of sp³-hybridized carbons (Fsp3) is 0.360. The number of oxazole rings is 1. The van der Waals surface area contributed by atoms with Crippen LogP contribution < -0.4 is 4.74 Å². The molecule has 5 heteroatoms. The summed E-state index contributed by atoms with van der Waals surface area (Å²) in [6, 6.07) is 17.7. The first-order valence-corrected chi connectivity index (χ1v) is 10.3. The van der Waals surface area contributed by atoms with Crippen LogP contribution in [0.2, 0.25) is 0 Å². The molecule has 0 aliphatic heterocycles. The monoisotopic (exact) mass is 407 g/mol. The number of aryl methyl sites for hydroxylation is 1. The van der Waals surface area contributed by atoms with Gasteiger partial charge in [0.2, 0.25) is 5.89 Å². The quantitative estimate of drug-likeness (QED) is 0.444. The standard InChI is InChI=1S/C25H29NO4/c1-5-28-24(27)25(3,4)17-19-10-9-13-21(16-19)29-15-14-22-18(2)30-23(26-22)20-11-7-6-8-12-20/h6-13,16H,5,14-15,17H2,1-4H3. The molecule has 0 amide bonds. The molecule has 0 aliphatic carbocycles. The van der Waals surface area contributed by atoms with E-state index in [9.17, 15) is 4.79 Å². The maximum atomic E-state index is 12.2. The topological polar surface area (TPSA) is 61.6 Å². The Hall–Kier alpha value is -3.08. The van der Waals surface area contributed by atoms with Gasteiger partial charge < -0.3 is 13.9 Å². The summed E-state index contributed by atoms with van der Waals surface area (Å²) in [6.07, 6.45) is 1.24. The van der Waals surface area contributed by atoms with Gasteiger partial charge in [0, 0.05) is 12.0 Å². The average molecular weight is 408 g/mol. The number of carbonyl (C=O) groups is 1. The summed E-state index contributed by atoms with van der Waals surface area (Å²) in [4.78, 5) is 16.8. The number of rotatable bonds is 9. The number of ether oxygens (including phenoxy) is 2. The van der Waals surface area contributed by atoms with Gasteiger partial charge in [0.1, 0.15) is 11.5 Å². The predicted molar refractivity (Wildman–Crippen MR) is 116 cm³/mol. The van der Waals surface area contributed by atoms with Crippen LogP contribution in [-0.4, -0.2) is 24.2 Å². The second kappa shape index (κ2) is 9.61. The number of benzene rings is 2. The Morgan fingerprint density at radius 3 is 2.60 bits per heavy atom. The molecular formula is C25H29NO4. The van der Waals surface area contributed by atoms with Crippen LogP contribution >= 0.6 is 0 Å². The molecule has 0 bridgehead atoms. The van der Waals surface area contributed by atoms with Crippen LogP contribution in [0.5, 0.6) is 5.75 Å². The molecule has 0 fully saturated rings. The lowest BCUT2D eigenvalue weighted by Crippen LogP contribution is -2.29. The fourth-order valence-electron chi connectivity index (χ4n) is 3.28. The summed E-state index contributed by atoms with van der Waals surface area (Å²) >= 11 is 0. The Balaban J connectivity index is 1.59. The molecule has 30 heavy (non-hydrogen) atoms. The Labute approximate surface area is 178 Å². The van der Waals surface area contributed by atoms with Crippen LogP contribution in [0.1, 0.15) is 37.8 Å². The first kappa shape index (κ1) is 21.6. The summed E-state index contributed by atoms with van der Waals surface area (Å²) in [6.45, 7) is 8.42. The molecule has 0 radical (unpaired) electrons. The van der Waals surface area contributed by atoms with Crippen molar-refractivity contribution < 1.29 is 18.7 Å². The van der Waals surface area contributed by atoms with Crippen molar-refractivity contribution in [3.63, 3.8) is 0 Å². The molecule has 0 spiro atoms. The van der Waals surface area contributed by atoms with Gasteiger partial charge in [0.25, 0.3) is 0 Å². The molecule has 158 valence electrons. The maximum absolute atomic E-state index is 12.2. The molecule has 2 aromatic carbocycles. The van der Waals surface area contributed by atoms with Crippen molar-refractivity contribution in [2.24, 2.45) is 5.41 Å². The minimum absolute atomic E-state index is 0.188. The van der Waals surface area contributed by atoms with Crippen LogP contribution in [0.15, 0.2) is 59.0 Å². The minimum Gasteiger partial charge on any atom is -0.493 e. The van der Waals surface area contributed by atoms with Crippen LogP contribution in [-0.2, 0) is 22.4 Å². The normalized spacial score (nSPS) is 11.3. The van der Waals surface area contributed by atoms with E-state index in [0.717, 1.165) is 28.3 Å². The van der Waals surface area contributed by atoms with Gasteiger partial charge in [-0.2, -0.15) is 0 Å². The maximum Gasteiger partial charge on any atom is 0.311 e. The molecule has 0 aliphatic rings. The highest BCUT2D eigenvalue weighted by atomic mass is 16.5. The lowest BCUT2D eigenvalue weighted by molar-refractivity contribution is -0.153. The van der Waals surface area contributed by atoms with E-state index in [1.165, 1.54) is 0 Å². The molecule has 3 rings (SSSR count). The van der Waals surface area contributed by atoms with Gasteiger partial charge in [-0.3, -0.25) is 4.79 Å². The van der Waals surface area contributed by atoms with E-state index in [0.29, 0.717) is 31.9 Å². The van der Waals surface area contributed by atoms with Crippen LogP contribution in [0.3, 0.4) is 0 Å². The van der Waals surface area contributed by atoms with Crippen molar-refractivity contribution in [3.05, 3.63) is 71.6 Å². The molecule has 0 saturated heterocycles. The Morgan fingerprint density at radius 2 is 1.87 bits per heavy atom. The van der Waals surface area contributed by atoms with Gasteiger partial charge in [-0.05, 0) is 63.9 Å².